The van der Waals surface area contributed by atoms with Crippen molar-refractivity contribution in [3.63, 3.8) is 0 Å². The summed E-state index contributed by atoms with van der Waals surface area (Å²) < 4.78 is 91.0. The molecule has 4 aromatic carbocycles. The number of rotatable bonds is 6. The van der Waals surface area contributed by atoms with Crippen LogP contribution in [0, 0.1) is 28.6 Å². The van der Waals surface area contributed by atoms with E-state index in [4.69, 9.17) is 0 Å². The summed E-state index contributed by atoms with van der Waals surface area (Å²) in [6.07, 6.45) is -8.90. The summed E-state index contributed by atoms with van der Waals surface area (Å²) in [7, 11) is 0. The van der Waals surface area contributed by atoms with Gasteiger partial charge in [-0.3, -0.25) is 0 Å². The van der Waals surface area contributed by atoms with Crippen molar-refractivity contribution in [1.29, 1.82) is 0 Å². The SMILES string of the molecule is FC(F)(F)Oc1c(I)cc(-c2ccc(Cc3ccc(-c4cc(I)c(OC(F)(F)F)c(I)c4)c(I)c3I)c(I)c2I)cc1I. The van der Waals surface area contributed by atoms with E-state index in [9.17, 15) is 26.3 Å². The highest BCUT2D eigenvalue weighted by Gasteiger charge is 2.34. The second-order valence-electron chi connectivity index (χ2n) is 8.61. The average Bonchev–Trinajstić information content (AvgIpc) is 2.88. The van der Waals surface area contributed by atoms with E-state index in [-0.39, 0.29) is 11.5 Å². The summed E-state index contributed by atoms with van der Waals surface area (Å²) in [5.74, 6) is -0.414. The topological polar surface area (TPSA) is 18.5 Å². The lowest BCUT2D eigenvalue weighted by atomic mass is 9.98. The monoisotopic (exact) mass is 1500 g/mol. The predicted octanol–water partition coefficient (Wildman–Crippen LogP) is 13.2. The molecule has 0 N–H and O–H groups in total. The van der Waals surface area contributed by atoms with E-state index in [1.807, 2.05) is 115 Å². The minimum atomic E-state index is -4.77. The van der Waals surface area contributed by atoms with Gasteiger partial charge >= 0.3 is 12.7 Å². The molecule has 0 saturated carbocycles. The molecule has 0 heterocycles. The molecule has 2 nitrogen and oxygen atoms in total. The second-order valence-corrected chi connectivity index (χ2v) is 17.6. The van der Waals surface area contributed by atoms with E-state index in [2.05, 4.69) is 99.8 Å². The zero-order valence-electron chi connectivity index (χ0n) is 20.4. The Morgan fingerprint density at radius 1 is 0.465 bits per heavy atom. The zero-order chi connectivity index (χ0) is 32.0. The van der Waals surface area contributed by atoms with Gasteiger partial charge in [0.05, 0.1) is 14.3 Å². The molecule has 228 valence electrons. The van der Waals surface area contributed by atoms with Crippen molar-refractivity contribution in [2.24, 2.45) is 0 Å². The van der Waals surface area contributed by atoms with Crippen molar-refractivity contribution in [3.05, 3.63) is 88.2 Å². The molecule has 0 saturated heterocycles. The van der Waals surface area contributed by atoms with Crippen LogP contribution in [-0.2, 0) is 6.42 Å². The molecule has 4 rings (SSSR count). The molecule has 0 unspecified atom stereocenters. The van der Waals surface area contributed by atoms with Gasteiger partial charge in [0.2, 0.25) is 0 Å². The summed E-state index contributed by atoms with van der Waals surface area (Å²) in [6, 6.07) is 14.8. The molecule has 0 amide bonds. The van der Waals surface area contributed by atoms with E-state index in [1.54, 1.807) is 24.3 Å². The van der Waals surface area contributed by atoms with Crippen molar-refractivity contribution in [2.75, 3.05) is 0 Å². The first-order valence-electron chi connectivity index (χ1n) is 11.3. The lowest BCUT2D eigenvalue weighted by Gasteiger charge is -2.17. The van der Waals surface area contributed by atoms with Crippen LogP contribution in [0.1, 0.15) is 11.1 Å². The summed E-state index contributed by atoms with van der Waals surface area (Å²) in [5.41, 5.74) is 5.58. The molecule has 0 aliphatic carbocycles. The van der Waals surface area contributed by atoms with Crippen LogP contribution in [0.2, 0.25) is 0 Å². The number of hydrogen-bond donors (Lipinski definition) is 0. The van der Waals surface area contributed by atoms with Gasteiger partial charge in [0, 0.05) is 14.3 Å². The molecule has 43 heavy (non-hydrogen) atoms. The van der Waals surface area contributed by atoms with E-state index in [0.29, 0.717) is 20.7 Å². The Labute approximate surface area is 351 Å². The molecule has 0 atom stereocenters. The normalized spacial score (nSPS) is 12.0. The standard InChI is InChI=1S/C27H10F6I8O2/c28-26(29,30)42-24-16(34)6-12(7-17(24)35)14-3-1-10(20(38)22(14)40)5-11-2-4-15(23(41)21(11)39)13-8-18(36)25(19(37)9-13)43-27(31,32)33/h1-4,6-9H,5H2. The average molecular weight is 1500 g/mol. The van der Waals surface area contributed by atoms with Gasteiger partial charge < -0.3 is 9.47 Å². The fraction of sp³-hybridized carbons (Fsp3) is 0.111. The quantitative estimate of drug-likeness (QED) is 0.141. The summed E-state index contributed by atoms with van der Waals surface area (Å²) in [6.45, 7) is 0. The Morgan fingerprint density at radius 2 is 0.767 bits per heavy atom. The Bertz CT molecular complexity index is 1550. The maximum Gasteiger partial charge on any atom is 0.573 e. The van der Waals surface area contributed by atoms with Gasteiger partial charge in [-0.2, -0.15) is 0 Å². The van der Waals surface area contributed by atoms with Gasteiger partial charge in [0.15, 0.2) is 11.5 Å². The van der Waals surface area contributed by atoms with Gasteiger partial charge in [-0.05, 0) is 245 Å². The van der Waals surface area contributed by atoms with Gasteiger partial charge in [0.1, 0.15) is 0 Å². The minimum absolute atomic E-state index is 0.207. The third kappa shape index (κ3) is 9.54. The maximum atomic E-state index is 12.9. The number of alkyl halides is 6. The second kappa shape index (κ2) is 15.2. The van der Waals surface area contributed by atoms with E-state index in [1.165, 1.54) is 0 Å². The number of benzene rings is 4. The Hall–Kier alpha value is 1.90. The Balaban J connectivity index is 1.64. The van der Waals surface area contributed by atoms with E-state index >= 15 is 0 Å². The third-order valence-electron chi connectivity index (χ3n) is 5.76. The van der Waals surface area contributed by atoms with Gasteiger partial charge in [-0.25, -0.2) is 0 Å². The van der Waals surface area contributed by atoms with Crippen LogP contribution in [0.25, 0.3) is 22.3 Å². The van der Waals surface area contributed by atoms with Gasteiger partial charge in [-0.1, -0.05) is 24.3 Å². The van der Waals surface area contributed by atoms with Crippen molar-refractivity contribution < 1.29 is 35.8 Å². The first-order valence-corrected chi connectivity index (χ1v) is 19.9. The molecule has 4 aromatic rings. The van der Waals surface area contributed by atoms with Crippen LogP contribution in [0.5, 0.6) is 11.5 Å². The molecule has 0 aliphatic heterocycles. The highest BCUT2D eigenvalue weighted by molar-refractivity contribution is 14.1. The molecular weight excluding hydrogens is 1490 g/mol. The van der Waals surface area contributed by atoms with Crippen LogP contribution in [0.4, 0.5) is 26.3 Å². The lowest BCUT2D eigenvalue weighted by molar-refractivity contribution is -0.276. The Kier molecular flexibility index (Phi) is 13.3. The molecule has 0 aromatic heterocycles. The first kappa shape index (κ1) is 37.7. The minimum Gasteiger partial charge on any atom is -0.404 e. The lowest BCUT2D eigenvalue weighted by Crippen LogP contribution is -2.18. The number of halogens is 14. The van der Waals surface area contributed by atoms with Crippen molar-refractivity contribution in [1.82, 2.24) is 0 Å². The van der Waals surface area contributed by atoms with Gasteiger partial charge in [0.25, 0.3) is 0 Å². The highest BCUT2D eigenvalue weighted by Crippen LogP contribution is 2.41. The summed E-state index contributed by atoms with van der Waals surface area (Å²) in [5, 5.41) is 0. The number of hydrogen-bond acceptors (Lipinski definition) is 2. The largest absolute Gasteiger partial charge is 0.573 e. The van der Waals surface area contributed by atoms with E-state index < -0.39 is 12.7 Å². The Morgan fingerprint density at radius 3 is 1.05 bits per heavy atom. The van der Waals surface area contributed by atoms with Crippen molar-refractivity contribution in [2.45, 2.75) is 19.1 Å². The summed E-state index contributed by atoms with van der Waals surface area (Å²) >= 11 is 16.6. The van der Waals surface area contributed by atoms with Crippen LogP contribution in [0.15, 0.2) is 48.5 Å². The molecule has 16 heteroatoms. The number of ether oxygens (including phenoxy) is 2. The zero-order valence-corrected chi connectivity index (χ0v) is 37.7. The van der Waals surface area contributed by atoms with Crippen LogP contribution in [-0.4, -0.2) is 12.7 Å². The fourth-order valence-corrected chi connectivity index (χ4v) is 10.9. The maximum absolute atomic E-state index is 12.9. The van der Waals surface area contributed by atoms with E-state index in [0.717, 1.165) is 47.7 Å². The van der Waals surface area contributed by atoms with Crippen LogP contribution >= 0.6 is 181 Å². The molecule has 0 bridgehead atoms. The first-order chi connectivity index (χ1) is 19.9. The van der Waals surface area contributed by atoms with Crippen molar-refractivity contribution >= 4 is 181 Å². The van der Waals surface area contributed by atoms with Gasteiger partial charge in [-0.15, -0.1) is 26.3 Å². The smallest absolute Gasteiger partial charge is 0.404 e. The summed E-state index contributed by atoms with van der Waals surface area (Å²) in [4.78, 5) is 0. The van der Waals surface area contributed by atoms with Crippen LogP contribution in [0.3, 0.4) is 0 Å². The predicted molar refractivity (Wildman–Crippen MR) is 222 cm³/mol. The highest BCUT2D eigenvalue weighted by atomic mass is 127. The van der Waals surface area contributed by atoms with Crippen molar-refractivity contribution in [3.8, 4) is 33.8 Å². The third-order valence-corrected chi connectivity index (χ3v) is 15.7. The molecule has 0 spiro atoms. The fourth-order valence-electron chi connectivity index (χ4n) is 3.96. The molecular formula is C27H10F6I8O2. The van der Waals surface area contributed by atoms with Crippen LogP contribution < -0.4 is 9.47 Å². The molecule has 0 aliphatic rings. The molecule has 0 fully saturated rings. The molecule has 0 radical (unpaired) electrons.